The van der Waals surface area contributed by atoms with Gasteiger partial charge in [-0.05, 0) is 55.9 Å². The number of nitrogens with one attached hydrogen (secondary N) is 1. The molecule has 1 saturated heterocycles. The lowest BCUT2D eigenvalue weighted by Gasteiger charge is -2.29. The van der Waals surface area contributed by atoms with Gasteiger partial charge in [0.05, 0.1) is 11.8 Å². The van der Waals surface area contributed by atoms with E-state index < -0.39 is 0 Å². The van der Waals surface area contributed by atoms with Gasteiger partial charge in [-0.2, -0.15) is 5.26 Å². The Morgan fingerprint density at radius 2 is 2.17 bits per heavy atom. The molecule has 7 nitrogen and oxygen atoms in total. The fraction of sp³-hybridized carbons (Fsp3) is 0.409. The summed E-state index contributed by atoms with van der Waals surface area (Å²) >= 11 is 1.39. The molecule has 30 heavy (non-hydrogen) atoms. The molecule has 156 valence electrons. The third-order valence-electron chi connectivity index (χ3n) is 5.39. The van der Waals surface area contributed by atoms with Crippen molar-refractivity contribution < 1.29 is 18.7 Å². The summed E-state index contributed by atoms with van der Waals surface area (Å²) in [6.07, 6.45) is 9.18. The molecule has 1 aliphatic carbocycles. The van der Waals surface area contributed by atoms with Crippen LogP contribution in [0, 0.1) is 11.3 Å². The quantitative estimate of drug-likeness (QED) is 0.735. The van der Waals surface area contributed by atoms with Gasteiger partial charge in [0.2, 0.25) is 5.91 Å². The van der Waals surface area contributed by atoms with E-state index in [9.17, 15) is 14.9 Å². The Hall–Kier alpha value is -3.05. The van der Waals surface area contributed by atoms with E-state index in [4.69, 9.17) is 9.15 Å². The van der Waals surface area contributed by atoms with E-state index in [0.717, 1.165) is 42.8 Å². The van der Waals surface area contributed by atoms with Gasteiger partial charge in [-0.3, -0.25) is 4.79 Å². The van der Waals surface area contributed by atoms with Crippen LogP contribution in [0.4, 0.5) is 9.80 Å². The van der Waals surface area contributed by atoms with E-state index in [1.54, 1.807) is 23.1 Å². The smallest absolute Gasteiger partial charge is 0.410 e. The zero-order chi connectivity index (χ0) is 20.9. The molecule has 3 heterocycles. The number of carbonyl (C=O) groups excluding carboxylic acids is 2. The highest BCUT2D eigenvalue weighted by Crippen LogP contribution is 2.38. The molecule has 2 amide bonds. The van der Waals surface area contributed by atoms with Crippen molar-refractivity contribution in [3.8, 4) is 6.07 Å². The maximum atomic E-state index is 12.4. The van der Waals surface area contributed by atoms with Crippen molar-refractivity contribution in [3.05, 3.63) is 46.2 Å². The standard InChI is InChI=1S/C22H23N3O4S/c23-14-18-17-8-6-16(29-22(27)25-10-2-1-3-11-25)13-19(17)30-21(18)24-20(26)9-7-15-5-4-12-28-15/h4-5,7,9,12,16H,1-3,6,8,10-11,13H2,(H,24,26). The molecule has 2 aromatic heterocycles. The van der Waals surface area contributed by atoms with Crippen LogP contribution in [0.25, 0.3) is 6.08 Å². The second kappa shape index (κ2) is 9.18. The highest BCUT2D eigenvalue weighted by molar-refractivity contribution is 7.16. The molecule has 0 radical (unpaired) electrons. The summed E-state index contributed by atoms with van der Waals surface area (Å²) in [5, 5.41) is 13.0. The number of ether oxygens (including phenoxy) is 1. The average molecular weight is 426 g/mol. The second-order valence-electron chi connectivity index (χ2n) is 7.45. The maximum absolute atomic E-state index is 12.4. The Balaban J connectivity index is 1.41. The third-order valence-corrected chi connectivity index (χ3v) is 6.56. The van der Waals surface area contributed by atoms with E-state index in [-0.39, 0.29) is 18.1 Å². The minimum atomic E-state index is -0.324. The fourth-order valence-corrected chi connectivity index (χ4v) is 5.12. The molecule has 0 aromatic carbocycles. The lowest BCUT2D eigenvalue weighted by atomic mass is 9.94. The third kappa shape index (κ3) is 4.57. The molecule has 4 rings (SSSR count). The largest absolute Gasteiger partial charge is 0.465 e. The number of furan rings is 1. The molecule has 0 saturated carbocycles. The number of nitrogens with zero attached hydrogens (tertiary/aromatic N) is 2. The van der Waals surface area contributed by atoms with Gasteiger partial charge in [-0.25, -0.2) is 4.79 Å². The van der Waals surface area contributed by atoms with Crippen molar-refractivity contribution in [1.29, 1.82) is 5.26 Å². The monoisotopic (exact) mass is 425 g/mol. The number of likely N-dealkylation sites (tertiary alicyclic amines) is 1. The number of thiophene rings is 1. The van der Waals surface area contributed by atoms with Crippen LogP contribution in [-0.2, 0) is 22.4 Å². The van der Waals surface area contributed by atoms with Crippen molar-refractivity contribution in [2.24, 2.45) is 0 Å². The summed E-state index contributed by atoms with van der Waals surface area (Å²) in [4.78, 5) is 27.4. The zero-order valence-corrected chi connectivity index (χ0v) is 17.4. The van der Waals surface area contributed by atoms with Gasteiger partial charge < -0.3 is 19.4 Å². The number of carbonyl (C=O) groups is 2. The molecular formula is C22H23N3O4S. The Morgan fingerprint density at radius 3 is 2.90 bits per heavy atom. The van der Waals surface area contributed by atoms with Gasteiger partial charge in [0.25, 0.3) is 0 Å². The predicted molar refractivity (Wildman–Crippen MR) is 113 cm³/mol. The normalized spacial score (nSPS) is 18.6. The summed E-state index contributed by atoms with van der Waals surface area (Å²) in [7, 11) is 0. The highest BCUT2D eigenvalue weighted by atomic mass is 32.1. The molecular weight excluding hydrogens is 402 g/mol. The van der Waals surface area contributed by atoms with Crippen LogP contribution in [0.15, 0.2) is 28.9 Å². The lowest BCUT2D eigenvalue weighted by Crippen LogP contribution is -2.39. The lowest BCUT2D eigenvalue weighted by molar-refractivity contribution is -0.111. The Kier molecular flexibility index (Phi) is 6.19. The topological polar surface area (TPSA) is 95.6 Å². The van der Waals surface area contributed by atoms with E-state index >= 15 is 0 Å². The SMILES string of the molecule is N#Cc1c(NC(=O)C=Cc2ccco2)sc2c1CCC(OC(=O)N1CCCCC1)C2. The summed E-state index contributed by atoms with van der Waals surface area (Å²) in [6, 6.07) is 5.72. The summed E-state index contributed by atoms with van der Waals surface area (Å²) in [5.41, 5.74) is 1.47. The first-order valence-corrected chi connectivity index (χ1v) is 11.0. The first-order chi connectivity index (χ1) is 14.6. The van der Waals surface area contributed by atoms with Crippen molar-refractivity contribution in [3.63, 3.8) is 0 Å². The molecule has 0 bridgehead atoms. The van der Waals surface area contributed by atoms with E-state index in [1.165, 1.54) is 23.7 Å². The number of hydrogen-bond acceptors (Lipinski definition) is 6. The van der Waals surface area contributed by atoms with E-state index in [0.29, 0.717) is 35.6 Å². The van der Waals surface area contributed by atoms with Crippen LogP contribution in [-0.4, -0.2) is 36.1 Å². The maximum Gasteiger partial charge on any atom is 0.410 e. The molecule has 1 fully saturated rings. The predicted octanol–water partition coefficient (Wildman–Crippen LogP) is 4.34. The molecule has 1 unspecified atom stereocenters. The van der Waals surface area contributed by atoms with Crippen LogP contribution in [0.2, 0.25) is 0 Å². The summed E-state index contributed by atoms with van der Waals surface area (Å²) in [5.74, 6) is 0.254. The van der Waals surface area contributed by atoms with Gasteiger partial charge in [0.1, 0.15) is 22.9 Å². The summed E-state index contributed by atoms with van der Waals surface area (Å²) < 4.78 is 10.9. The molecule has 1 aliphatic heterocycles. The number of piperidine rings is 1. The van der Waals surface area contributed by atoms with Gasteiger partial charge in [-0.1, -0.05) is 0 Å². The van der Waals surface area contributed by atoms with Crippen LogP contribution in [0.3, 0.4) is 0 Å². The van der Waals surface area contributed by atoms with Crippen molar-refractivity contribution >= 4 is 34.4 Å². The highest BCUT2D eigenvalue weighted by Gasteiger charge is 2.29. The number of fused-ring (bicyclic) bond motifs is 1. The number of rotatable bonds is 4. The van der Waals surface area contributed by atoms with Crippen LogP contribution in [0.1, 0.15) is 47.4 Å². The van der Waals surface area contributed by atoms with Crippen molar-refractivity contribution in [2.45, 2.75) is 44.6 Å². The summed E-state index contributed by atoms with van der Waals surface area (Å²) in [6.45, 7) is 1.52. The fourth-order valence-electron chi connectivity index (χ4n) is 3.85. The molecule has 2 aromatic rings. The minimum Gasteiger partial charge on any atom is -0.465 e. The Bertz CT molecular complexity index is 981. The van der Waals surface area contributed by atoms with Gasteiger partial charge >= 0.3 is 6.09 Å². The van der Waals surface area contributed by atoms with Crippen LogP contribution in [0.5, 0.6) is 0 Å². The first-order valence-electron chi connectivity index (χ1n) is 10.2. The van der Waals surface area contributed by atoms with Crippen molar-refractivity contribution in [1.82, 2.24) is 4.90 Å². The Morgan fingerprint density at radius 1 is 1.33 bits per heavy atom. The van der Waals surface area contributed by atoms with Gasteiger partial charge in [0, 0.05) is 30.5 Å². The molecule has 8 heteroatoms. The van der Waals surface area contributed by atoms with Crippen LogP contribution < -0.4 is 5.32 Å². The number of anilines is 1. The number of amides is 2. The molecule has 2 aliphatic rings. The van der Waals surface area contributed by atoms with Crippen LogP contribution >= 0.6 is 11.3 Å². The number of hydrogen-bond donors (Lipinski definition) is 1. The number of nitriles is 1. The van der Waals surface area contributed by atoms with E-state index in [1.807, 2.05) is 0 Å². The second-order valence-corrected chi connectivity index (χ2v) is 8.56. The van der Waals surface area contributed by atoms with Crippen molar-refractivity contribution in [2.75, 3.05) is 18.4 Å². The molecule has 0 spiro atoms. The van der Waals surface area contributed by atoms with Gasteiger partial charge in [0.15, 0.2) is 0 Å². The first kappa shape index (κ1) is 20.2. The van der Waals surface area contributed by atoms with E-state index in [2.05, 4.69) is 11.4 Å². The minimum absolute atomic E-state index is 0.195. The molecule has 1 N–H and O–H groups in total. The Labute approximate surface area is 178 Å². The van der Waals surface area contributed by atoms with Gasteiger partial charge in [-0.15, -0.1) is 11.3 Å². The molecule has 1 atom stereocenters. The zero-order valence-electron chi connectivity index (χ0n) is 16.6. The average Bonchev–Trinajstić information content (AvgIpc) is 3.39.